The minimum Gasteiger partial charge on any atom is -0.474 e. The maximum absolute atomic E-state index is 12.2. The topological polar surface area (TPSA) is 51.7 Å². The molecule has 1 fully saturated rings. The Morgan fingerprint density at radius 1 is 1.41 bits per heavy atom. The average Bonchev–Trinajstić information content (AvgIpc) is 2.36. The standard InChI is InChI=1S/C16H23ClN2O3/c1-11-10-12(21-14-7-5-6-13(17)18-14)8-9-19(11)15(20)22-16(2,3)4/h5-7,11-12H,8-10H2,1-4H3/t11-,12?/m1/s1. The Hall–Kier alpha value is -1.49. The first kappa shape index (κ1) is 16.9. The van der Waals surface area contributed by atoms with Crippen LogP contribution in [0.2, 0.25) is 5.15 Å². The highest BCUT2D eigenvalue weighted by atomic mass is 35.5. The van der Waals surface area contributed by atoms with Crippen molar-refractivity contribution in [1.29, 1.82) is 0 Å². The number of halogens is 1. The summed E-state index contributed by atoms with van der Waals surface area (Å²) in [6.45, 7) is 8.23. The summed E-state index contributed by atoms with van der Waals surface area (Å²) in [6.07, 6.45) is 1.25. The lowest BCUT2D eigenvalue weighted by molar-refractivity contribution is -0.00150. The van der Waals surface area contributed by atoms with E-state index < -0.39 is 5.60 Å². The molecule has 22 heavy (non-hydrogen) atoms. The Balaban J connectivity index is 1.91. The smallest absolute Gasteiger partial charge is 0.410 e. The van der Waals surface area contributed by atoms with Crippen LogP contribution in [0.4, 0.5) is 4.79 Å². The second kappa shape index (κ2) is 6.73. The Morgan fingerprint density at radius 2 is 2.14 bits per heavy atom. The summed E-state index contributed by atoms with van der Waals surface area (Å²) in [5.74, 6) is 0.524. The average molecular weight is 327 g/mol. The van der Waals surface area contributed by atoms with Gasteiger partial charge in [-0.2, -0.15) is 0 Å². The predicted octanol–water partition coefficient (Wildman–Crippen LogP) is 3.90. The third-order valence-electron chi connectivity index (χ3n) is 3.43. The van der Waals surface area contributed by atoms with Gasteiger partial charge in [0.05, 0.1) is 0 Å². The number of amides is 1. The summed E-state index contributed by atoms with van der Waals surface area (Å²) in [5, 5.41) is 0.414. The van der Waals surface area contributed by atoms with Crippen molar-refractivity contribution in [2.75, 3.05) is 6.54 Å². The lowest BCUT2D eigenvalue weighted by Gasteiger charge is -2.38. The van der Waals surface area contributed by atoms with E-state index in [1.165, 1.54) is 0 Å². The fourth-order valence-corrected chi connectivity index (χ4v) is 2.61. The molecule has 122 valence electrons. The fourth-order valence-electron chi connectivity index (χ4n) is 2.45. The van der Waals surface area contributed by atoms with Gasteiger partial charge in [0.15, 0.2) is 0 Å². The van der Waals surface area contributed by atoms with Crippen LogP contribution in [-0.4, -0.2) is 40.3 Å². The molecule has 5 nitrogen and oxygen atoms in total. The quantitative estimate of drug-likeness (QED) is 0.773. The second-order valence-corrected chi connectivity index (χ2v) is 6.97. The Labute approximate surface area is 136 Å². The minimum absolute atomic E-state index is 0.0275. The zero-order chi connectivity index (χ0) is 16.3. The summed E-state index contributed by atoms with van der Waals surface area (Å²) >= 11 is 5.86. The zero-order valence-electron chi connectivity index (χ0n) is 13.5. The molecular formula is C16H23ClN2O3. The van der Waals surface area contributed by atoms with Crippen molar-refractivity contribution in [2.24, 2.45) is 0 Å². The van der Waals surface area contributed by atoms with E-state index in [-0.39, 0.29) is 18.2 Å². The van der Waals surface area contributed by atoms with E-state index >= 15 is 0 Å². The summed E-state index contributed by atoms with van der Waals surface area (Å²) in [6, 6.07) is 5.37. The van der Waals surface area contributed by atoms with Gasteiger partial charge in [0.25, 0.3) is 0 Å². The summed E-state index contributed by atoms with van der Waals surface area (Å²) in [5.41, 5.74) is -0.477. The van der Waals surface area contributed by atoms with Crippen molar-refractivity contribution >= 4 is 17.7 Å². The molecule has 1 aliphatic heterocycles. The maximum Gasteiger partial charge on any atom is 0.410 e. The van der Waals surface area contributed by atoms with Gasteiger partial charge in [-0.25, -0.2) is 9.78 Å². The highest BCUT2D eigenvalue weighted by Crippen LogP contribution is 2.24. The van der Waals surface area contributed by atoms with Crippen molar-refractivity contribution in [2.45, 2.75) is 58.3 Å². The fraction of sp³-hybridized carbons (Fsp3) is 0.625. The third kappa shape index (κ3) is 4.77. The lowest BCUT2D eigenvalue weighted by atomic mass is 10.0. The third-order valence-corrected chi connectivity index (χ3v) is 3.64. The first-order chi connectivity index (χ1) is 10.2. The number of piperidine rings is 1. The zero-order valence-corrected chi connectivity index (χ0v) is 14.3. The molecule has 0 saturated carbocycles. The van der Waals surface area contributed by atoms with Crippen LogP contribution in [0.25, 0.3) is 0 Å². The first-order valence-corrected chi connectivity index (χ1v) is 7.91. The van der Waals surface area contributed by atoms with Gasteiger partial charge in [-0.3, -0.25) is 0 Å². The van der Waals surface area contributed by atoms with Gasteiger partial charge in [-0.1, -0.05) is 17.7 Å². The lowest BCUT2D eigenvalue weighted by Crippen LogP contribution is -2.49. The second-order valence-electron chi connectivity index (χ2n) is 6.59. The Kier molecular flexibility index (Phi) is 5.16. The molecule has 0 spiro atoms. The van der Waals surface area contributed by atoms with Crippen LogP contribution in [-0.2, 0) is 4.74 Å². The molecule has 0 aliphatic carbocycles. The molecule has 2 rings (SSSR count). The SMILES string of the molecule is C[C@@H]1CC(Oc2cccc(Cl)n2)CCN1C(=O)OC(C)(C)C. The number of pyridine rings is 1. The van der Waals surface area contributed by atoms with Crippen molar-refractivity contribution in [3.63, 3.8) is 0 Å². The van der Waals surface area contributed by atoms with Crippen LogP contribution in [0.5, 0.6) is 5.88 Å². The molecule has 1 aliphatic rings. The molecule has 1 amide bonds. The van der Waals surface area contributed by atoms with E-state index in [0.29, 0.717) is 17.6 Å². The van der Waals surface area contributed by atoms with Gasteiger partial charge in [0, 0.05) is 31.5 Å². The van der Waals surface area contributed by atoms with Crippen molar-refractivity contribution in [1.82, 2.24) is 9.88 Å². The highest BCUT2D eigenvalue weighted by molar-refractivity contribution is 6.29. The molecule has 0 aromatic carbocycles. The molecular weight excluding hydrogens is 304 g/mol. The molecule has 1 unspecified atom stereocenters. The Morgan fingerprint density at radius 3 is 2.73 bits per heavy atom. The van der Waals surface area contributed by atoms with E-state index in [1.54, 1.807) is 17.0 Å². The number of hydrogen-bond donors (Lipinski definition) is 0. The van der Waals surface area contributed by atoms with Gasteiger partial charge in [0.1, 0.15) is 16.9 Å². The van der Waals surface area contributed by atoms with Gasteiger partial charge < -0.3 is 14.4 Å². The number of ether oxygens (including phenoxy) is 2. The van der Waals surface area contributed by atoms with Gasteiger partial charge >= 0.3 is 6.09 Å². The number of carbonyl (C=O) groups excluding carboxylic acids is 1. The first-order valence-electron chi connectivity index (χ1n) is 7.53. The van der Waals surface area contributed by atoms with Crippen molar-refractivity contribution < 1.29 is 14.3 Å². The molecule has 0 bridgehead atoms. The molecule has 1 saturated heterocycles. The highest BCUT2D eigenvalue weighted by Gasteiger charge is 2.32. The van der Waals surface area contributed by atoms with Crippen LogP contribution in [0.15, 0.2) is 18.2 Å². The van der Waals surface area contributed by atoms with Crippen molar-refractivity contribution in [3.05, 3.63) is 23.4 Å². The van der Waals surface area contributed by atoms with Crippen molar-refractivity contribution in [3.8, 4) is 5.88 Å². The molecule has 2 heterocycles. The summed E-state index contributed by atoms with van der Waals surface area (Å²) in [4.78, 5) is 18.1. The van der Waals surface area contributed by atoms with Crippen LogP contribution in [0, 0.1) is 0 Å². The number of likely N-dealkylation sites (tertiary alicyclic amines) is 1. The molecule has 6 heteroatoms. The normalized spacial score (nSPS) is 22.3. The van der Waals surface area contributed by atoms with E-state index in [2.05, 4.69) is 4.98 Å². The number of rotatable bonds is 2. The number of hydrogen-bond acceptors (Lipinski definition) is 4. The molecule has 0 radical (unpaired) electrons. The van der Waals surface area contributed by atoms with Crippen LogP contribution >= 0.6 is 11.6 Å². The molecule has 1 aromatic heterocycles. The molecule has 0 N–H and O–H groups in total. The van der Waals surface area contributed by atoms with Gasteiger partial charge in [0.2, 0.25) is 5.88 Å². The van der Waals surface area contributed by atoms with Crippen LogP contribution in [0.1, 0.15) is 40.5 Å². The van der Waals surface area contributed by atoms with Crippen LogP contribution in [0.3, 0.4) is 0 Å². The maximum atomic E-state index is 12.2. The number of aromatic nitrogens is 1. The monoisotopic (exact) mass is 326 g/mol. The van der Waals surface area contributed by atoms with E-state index in [4.69, 9.17) is 21.1 Å². The predicted molar refractivity (Wildman–Crippen MR) is 85.3 cm³/mol. The summed E-state index contributed by atoms with van der Waals surface area (Å²) in [7, 11) is 0. The summed E-state index contributed by atoms with van der Waals surface area (Å²) < 4.78 is 11.3. The minimum atomic E-state index is -0.477. The van der Waals surface area contributed by atoms with Gasteiger partial charge in [-0.05, 0) is 33.8 Å². The Bertz CT molecular complexity index is 530. The van der Waals surface area contributed by atoms with Crippen LogP contribution < -0.4 is 4.74 Å². The van der Waals surface area contributed by atoms with Gasteiger partial charge in [-0.15, -0.1) is 0 Å². The number of carbonyl (C=O) groups is 1. The molecule has 1 aromatic rings. The molecule has 2 atom stereocenters. The largest absolute Gasteiger partial charge is 0.474 e. The van der Waals surface area contributed by atoms with E-state index in [0.717, 1.165) is 12.8 Å². The van der Waals surface area contributed by atoms with E-state index in [1.807, 2.05) is 33.8 Å². The van der Waals surface area contributed by atoms with E-state index in [9.17, 15) is 4.79 Å². The number of nitrogens with zero attached hydrogens (tertiary/aromatic N) is 2.